The van der Waals surface area contributed by atoms with Crippen molar-refractivity contribution in [1.29, 1.82) is 0 Å². The first-order valence-corrected chi connectivity index (χ1v) is 8.28. The lowest BCUT2D eigenvalue weighted by atomic mass is 10.2. The number of nitrogens with zero attached hydrogens (tertiary/aromatic N) is 2. The second kappa shape index (κ2) is 6.18. The minimum absolute atomic E-state index is 0.0278. The number of aromatic nitrogens is 2. The Bertz CT molecular complexity index is 1060. The number of fused-ring (bicyclic) bond motifs is 2. The van der Waals surface area contributed by atoms with Gasteiger partial charge < -0.3 is 9.40 Å². The molecule has 126 valence electrons. The van der Waals surface area contributed by atoms with Crippen LogP contribution in [0.5, 0.6) is 0 Å². The monoisotopic (exact) mass is 333 g/mol. The van der Waals surface area contributed by atoms with E-state index >= 15 is 0 Å². The van der Waals surface area contributed by atoms with E-state index in [1.54, 1.807) is 0 Å². The number of furan rings is 1. The summed E-state index contributed by atoms with van der Waals surface area (Å²) >= 11 is 0. The average molecular weight is 333 g/mol. The lowest BCUT2D eigenvalue weighted by Gasteiger charge is -2.22. The van der Waals surface area contributed by atoms with Crippen LogP contribution in [0.25, 0.3) is 22.0 Å². The highest BCUT2D eigenvalue weighted by Crippen LogP contribution is 2.27. The van der Waals surface area contributed by atoms with Gasteiger partial charge in [0.15, 0.2) is 0 Å². The molecule has 0 unspecified atom stereocenters. The van der Waals surface area contributed by atoms with Crippen LogP contribution in [-0.2, 0) is 6.54 Å². The molecule has 2 aromatic heterocycles. The van der Waals surface area contributed by atoms with E-state index in [2.05, 4.69) is 27.9 Å². The molecule has 0 saturated heterocycles. The summed E-state index contributed by atoms with van der Waals surface area (Å²) in [5, 5.41) is 1.08. The molecule has 0 bridgehead atoms. The predicted molar refractivity (Wildman–Crippen MR) is 98.5 cm³/mol. The Hall–Kier alpha value is -2.92. The van der Waals surface area contributed by atoms with Crippen molar-refractivity contribution in [2.24, 2.45) is 0 Å². The summed E-state index contributed by atoms with van der Waals surface area (Å²) in [6, 6.07) is 17.6. The summed E-state index contributed by atoms with van der Waals surface area (Å²) in [4.78, 5) is 21.8. The number of rotatable bonds is 4. The van der Waals surface area contributed by atoms with Crippen molar-refractivity contribution in [2.75, 3.05) is 7.05 Å². The van der Waals surface area contributed by atoms with Crippen molar-refractivity contribution in [3.63, 3.8) is 0 Å². The van der Waals surface area contributed by atoms with Crippen molar-refractivity contribution in [1.82, 2.24) is 14.9 Å². The average Bonchev–Trinajstić information content (AvgIpc) is 3.05. The highest BCUT2D eigenvalue weighted by Gasteiger charge is 2.18. The normalized spacial score (nSPS) is 12.9. The Morgan fingerprint density at radius 3 is 2.76 bits per heavy atom. The maximum Gasteiger partial charge on any atom is 0.271 e. The standard InChI is InChI=1S/C20H19N3O2/c1-13(19-11-14-7-3-6-10-18(14)25-19)23(2)12-17-20(24)22-16-9-5-4-8-15(16)21-17/h3-11,13H,12H2,1-2H3,(H,22,24)/t13-/m0/s1. The molecule has 0 amide bonds. The molecule has 4 aromatic rings. The van der Waals surface area contributed by atoms with Crippen LogP contribution in [0.3, 0.4) is 0 Å². The van der Waals surface area contributed by atoms with Crippen LogP contribution in [-0.4, -0.2) is 21.9 Å². The summed E-state index contributed by atoms with van der Waals surface area (Å²) in [7, 11) is 1.97. The van der Waals surface area contributed by atoms with Gasteiger partial charge in [-0.25, -0.2) is 4.98 Å². The number of hydrogen-bond donors (Lipinski definition) is 1. The van der Waals surface area contributed by atoms with Crippen molar-refractivity contribution in [3.8, 4) is 0 Å². The summed E-state index contributed by atoms with van der Waals surface area (Å²) in [6.45, 7) is 2.51. The number of para-hydroxylation sites is 3. The van der Waals surface area contributed by atoms with Crippen molar-refractivity contribution < 1.29 is 4.42 Å². The highest BCUT2D eigenvalue weighted by molar-refractivity contribution is 5.77. The molecule has 0 spiro atoms. The van der Waals surface area contributed by atoms with Gasteiger partial charge in [0.05, 0.1) is 17.1 Å². The molecule has 0 fully saturated rings. The summed E-state index contributed by atoms with van der Waals surface area (Å²) in [6.07, 6.45) is 0. The van der Waals surface area contributed by atoms with Gasteiger partial charge in [-0.05, 0) is 38.2 Å². The van der Waals surface area contributed by atoms with Crippen LogP contribution in [0.1, 0.15) is 24.4 Å². The molecule has 5 nitrogen and oxygen atoms in total. The molecule has 0 aliphatic heterocycles. The first-order chi connectivity index (χ1) is 12.1. The van der Waals surface area contributed by atoms with Gasteiger partial charge in [0.25, 0.3) is 5.56 Å². The van der Waals surface area contributed by atoms with Gasteiger partial charge in [0.2, 0.25) is 0 Å². The molecular formula is C20H19N3O2. The van der Waals surface area contributed by atoms with Gasteiger partial charge in [-0.1, -0.05) is 30.3 Å². The Kier molecular flexibility index (Phi) is 3.86. The summed E-state index contributed by atoms with van der Waals surface area (Å²) in [5.74, 6) is 0.876. The van der Waals surface area contributed by atoms with E-state index in [1.807, 2.05) is 55.6 Å². The molecule has 2 aromatic carbocycles. The fourth-order valence-corrected chi connectivity index (χ4v) is 2.97. The Morgan fingerprint density at radius 1 is 1.16 bits per heavy atom. The van der Waals surface area contributed by atoms with E-state index in [1.165, 1.54) is 0 Å². The second-order valence-electron chi connectivity index (χ2n) is 6.31. The highest BCUT2D eigenvalue weighted by atomic mass is 16.3. The molecule has 0 aliphatic rings. The summed E-state index contributed by atoms with van der Waals surface area (Å²) < 4.78 is 5.94. The molecule has 25 heavy (non-hydrogen) atoms. The van der Waals surface area contributed by atoms with Crippen LogP contribution in [0.4, 0.5) is 0 Å². The van der Waals surface area contributed by atoms with Gasteiger partial charge in [-0.3, -0.25) is 9.69 Å². The minimum atomic E-state index is -0.151. The summed E-state index contributed by atoms with van der Waals surface area (Å²) in [5.41, 5.74) is 2.78. The maximum absolute atomic E-state index is 12.3. The second-order valence-corrected chi connectivity index (χ2v) is 6.31. The molecule has 2 heterocycles. The molecule has 1 N–H and O–H groups in total. The van der Waals surface area contributed by atoms with Gasteiger partial charge in [-0.2, -0.15) is 0 Å². The molecule has 0 radical (unpaired) electrons. The number of hydrogen-bond acceptors (Lipinski definition) is 4. The first-order valence-electron chi connectivity index (χ1n) is 8.28. The topological polar surface area (TPSA) is 62.1 Å². The zero-order valence-electron chi connectivity index (χ0n) is 14.2. The Labute approximate surface area is 144 Å². The van der Waals surface area contributed by atoms with Crippen LogP contribution < -0.4 is 5.56 Å². The van der Waals surface area contributed by atoms with Gasteiger partial charge in [-0.15, -0.1) is 0 Å². The zero-order valence-corrected chi connectivity index (χ0v) is 14.2. The van der Waals surface area contributed by atoms with E-state index in [-0.39, 0.29) is 11.6 Å². The van der Waals surface area contributed by atoms with Gasteiger partial charge >= 0.3 is 0 Å². The molecule has 0 saturated carbocycles. The molecule has 0 aliphatic carbocycles. The fraction of sp³-hybridized carbons (Fsp3) is 0.200. The number of nitrogens with one attached hydrogen (secondary N) is 1. The van der Waals surface area contributed by atoms with E-state index < -0.39 is 0 Å². The Balaban J connectivity index is 1.61. The Morgan fingerprint density at radius 2 is 1.92 bits per heavy atom. The SMILES string of the molecule is C[C@@H](c1cc2ccccc2o1)N(C)Cc1nc2ccccc2[nH]c1=O. The quantitative estimate of drug-likeness (QED) is 0.616. The smallest absolute Gasteiger partial charge is 0.271 e. The predicted octanol–water partition coefficient (Wildman–Crippen LogP) is 3.86. The van der Waals surface area contributed by atoms with Crippen molar-refractivity contribution in [2.45, 2.75) is 19.5 Å². The van der Waals surface area contributed by atoms with Gasteiger partial charge in [0.1, 0.15) is 17.0 Å². The number of H-pyrrole nitrogens is 1. The third kappa shape index (κ3) is 2.94. The lowest BCUT2D eigenvalue weighted by molar-refractivity contribution is 0.223. The fourth-order valence-electron chi connectivity index (χ4n) is 2.97. The van der Waals surface area contributed by atoms with E-state index in [0.29, 0.717) is 12.2 Å². The first kappa shape index (κ1) is 15.6. The minimum Gasteiger partial charge on any atom is -0.459 e. The number of benzene rings is 2. The third-order valence-electron chi connectivity index (χ3n) is 4.59. The number of aromatic amines is 1. The van der Waals surface area contributed by atoms with Crippen LogP contribution >= 0.6 is 0 Å². The van der Waals surface area contributed by atoms with Crippen molar-refractivity contribution >= 4 is 22.0 Å². The molecule has 1 atom stereocenters. The largest absolute Gasteiger partial charge is 0.459 e. The van der Waals surface area contributed by atoms with E-state index in [9.17, 15) is 4.79 Å². The van der Waals surface area contributed by atoms with E-state index in [4.69, 9.17) is 4.42 Å². The van der Waals surface area contributed by atoms with Crippen LogP contribution in [0.15, 0.2) is 63.8 Å². The zero-order chi connectivity index (χ0) is 17.4. The third-order valence-corrected chi connectivity index (χ3v) is 4.59. The molecule has 5 heteroatoms. The van der Waals surface area contributed by atoms with Crippen LogP contribution in [0, 0.1) is 0 Å². The lowest BCUT2D eigenvalue weighted by Crippen LogP contribution is -2.27. The maximum atomic E-state index is 12.3. The molecule has 4 rings (SSSR count). The molecular weight excluding hydrogens is 314 g/mol. The van der Waals surface area contributed by atoms with E-state index in [0.717, 1.165) is 27.8 Å². The van der Waals surface area contributed by atoms with Gasteiger partial charge in [0, 0.05) is 11.9 Å². The van der Waals surface area contributed by atoms with Crippen LogP contribution in [0.2, 0.25) is 0 Å². The van der Waals surface area contributed by atoms with Crippen molar-refractivity contribution in [3.05, 3.63) is 76.4 Å².